The van der Waals surface area contributed by atoms with Gasteiger partial charge in [-0.2, -0.15) is 0 Å². The fourth-order valence-electron chi connectivity index (χ4n) is 1.42. The zero-order chi connectivity index (χ0) is 11.5. The Morgan fingerprint density at radius 1 is 1.27 bits per heavy atom. The summed E-state index contributed by atoms with van der Waals surface area (Å²) in [5.74, 6) is 7.94. The lowest BCUT2D eigenvalue weighted by Gasteiger charge is -2.19. The lowest BCUT2D eigenvalue weighted by molar-refractivity contribution is 0.589. The monoisotopic (exact) mass is 202 g/mol. The molecule has 1 aromatic rings. The van der Waals surface area contributed by atoms with E-state index in [1.807, 2.05) is 12.1 Å². The molecule has 0 heterocycles. The van der Waals surface area contributed by atoms with Gasteiger partial charge in [0.05, 0.1) is 0 Å². The van der Waals surface area contributed by atoms with Crippen molar-refractivity contribution < 1.29 is 0 Å². The fraction of sp³-hybridized carbons (Fsp3) is 0.385. The maximum Gasteiger partial charge on any atom is 0.106 e. The van der Waals surface area contributed by atoms with Crippen molar-refractivity contribution in [2.45, 2.75) is 32.2 Å². The standard InChI is InChI=1S/C13H18N2/c1-5-12(15-14)10-6-8-11(9-7-10)13(2,3)4/h1,6-9,12,15H,14H2,2-4H3. The average molecular weight is 202 g/mol. The second-order valence-corrected chi connectivity index (χ2v) is 4.64. The number of hydrazine groups is 1. The molecule has 0 aliphatic heterocycles. The van der Waals surface area contributed by atoms with Crippen molar-refractivity contribution in [3.63, 3.8) is 0 Å². The van der Waals surface area contributed by atoms with Gasteiger partial charge in [0.15, 0.2) is 0 Å². The molecule has 0 aliphatic carbocycles. The minimum absolute atomic E-state index is 0.167. The predicted octanol–water partition coefficient (Wildman–Crippen LogP) is 2.12. The van der Waals surface area contributed by atoms with E-state index < -0.39 is 0 Å². The second-order valence-electron chi connectivity index (χ2n) is 4.64. The Bertz CT molecular complexity index is 352. The van der Waals surface area contributed by atoms with Gasteiger partial charge in [-0.05, 0) is 16.5 Å². The number of hydrogen-bond donors (Lipinski definition) is 2. The van der Waals surface area contributed by atoms with Gasteiger partial charge in [-0.15, -0.1) is 6.42 Å². The van der Waals surface area contributed by atoms with Crippen LogP contribution in [0.1, 0.15) is 37.9 Å². The highest BCUT2D eigenvalue weighted by atomic mass is 15.2. The van der Waals surface area contributed by atoms with Gasteiger partial charge >= 0.3 is 0 Å². The first-order valence-corrected chi connectivity index (χ1v) is 5.01. The smallest absolute Gasteiger partial charge is 0.106 e. The van der Waals surface area contributed by atoms with Crippen molar-refractivity contribution in [1.82, 2.24) is 5.43 Å². The molecular weight excluding hydrogens is 184 g/mol. The highest BCUT2D eigenvalue weighted by Gasteiger charge is 2.13. The van der Waals surface area contributed by atoms with E-state index >= 15 is 0 Å². The Kier molecular flexibility index (Phi) is 3.52. The van der Waals surface area contributed by atoms with Crippen molar-refractivity contribution in [3.05, 3.63) is 35.4 Å². The molecule has 2 heteroatoms. The molecule has 0 radical (unpaired) electrons. The number of benzene rings is 1. The van der Waals surface area contributed by atoms with Crippen LogP contribution >= 0.6 is 0 Å². The summed E-state index contributed by atoms with van der Waals surface area (Å²) in [6, 6.07) is 8.02. The van der Waals surface area contributed by atoms with Gasteiger partial charge in [0.2, 0.25) is 0 Å². The first-order chi connectivity index (χ1) is 6.99. The molecule has 0 aliphatic rings. The van der Waals surface area contributed by atoms with E-state index in [4.69, 9.17) is 12.3 Å². The number of nitrogens with two attached hydrogens (primary N) is 1. The van der Waals surface area contributed by atoms with Gasteiger partial charge in [0.1, 0.15) is 6.04 Å². The predicted molar refractivity (Wildman–Crippen MR) is 64.0 cm³/mol. The van der Waals surface area contributed by atoms with Crippen LogP contribution in [0.15, 0.2) is 24.3 Å². The van der Waals surface area contributed by atoms with E-state index in [9.17, 15) is 0 Å². The van der Waals surface area contributed by atoms with E-state index in [-0.39, 0.29) is 11.5 Å². The van der Waals surface area contributed by atoms with Crippen LogP contribution in [0.4, 0.5) is 0 Å². The maximum absolute atomic E-state index is 5.35. The molecule has 0 fully saturated rings. The van der Waals surface area contributed by atoms with Gasteiger partial charge in [-0.1, -0.05) is 51.0 Å². The molecule has 0 spiro atoms. The first kappa shape index (κ1) is 11.8. The molecule has 0 saturated heterocycles. The number of rotatable bonds is 2. The molecular formula is C13H18N2. The number of terminal acetylenes is 1. The van der Waals surface area contributed by atoms with Crippen LogP contribution in [-0.4, -0.2) is 0 Å². The number of hydrogen-bond acceptors (Lipinski definition) is 2. The third-order valence-electron chi connectivity index (χ3n) is 2.44. The van der Waals surface area contributed by atoms with E-state index in [1.54, 1.807) is 0 Å². The third-order valence-corrected chi connectivity index (χ3v) is 2.44. The summed E-state index contributed by atoms with van der Waals surface area (Å²) in [5.41, 5.74) is 5.07. The van der Waals surface area contributed by atoms with E-state index in [2.05, 4.69) is 44.3 Å². The SMILES string of the molecule is C#CC(NN)c1ccc(C(C)(C)C)cc1. The minimum Gasteiger partial charge on any atom is -0.270 e. The summed E-state index contributed by atoms with van der Waals surface area (Å²) in [4.78, 5) is 0. The number of nitrogens with one attached hydrogen (secondary N) is 1. The zero-order valence-corrected chi connectivity index (χ0v) is 9.54. The molecule has 2 nitrogen and oxygen atoms in total. The zero-order valence-electron chi connectivity index (χ0n) is 9.54. The van der Waals surface area contributed by atoms with Gasteiger partial charge < -0.3 is 0 Å². The summed E-state index contributed by atoms with van der Waals surface area (Å²) >= 11 is 0. The molecule has 0 saturated carbocycles. The van der Waals surface area contributed by atoms with E-state index in [0.717, 1.165) is 5.56 Å². The first-order valence-electron chi connectivity index (χ1n) is 5.01. The van der Waals surface area contributed by atoms with Crippen LogP contribution in [0.3, 0.4) is 0 Å². The van der Waals surface area contributed by atoms with Crippen LogP contribution in [-0.2, 0) is 5.41 Å². The Morgan fingerprint density at radius 2 is 1.80 bits per heavy atom. The molecule has 3 N–H and O–H groups in total. The Hall–Kier alpha value is -1.30. The van der Waals surface area contributed by atoms with Crippen molar-refractivity contribution in [3.8, 4) is 12.3 Å². The van der Waals surface area contributed by atoms with Gasteiger partial charge in [0, 0.05) is 0 Å². The summed E-state index contributed by atoms with van der Waals surface area (Å²) in [6.45, 7) is 6.55. The lowest BCUT2D eigenvalue weighted by Crippen LogP contribution is -2.26. The van der Waals surface area contributed by atoms with Crippen LogP contribution in [0.5, 0.6) is 0 Å². The normalized spacial score (nSPS) is 13.3. The van der Waals surface area contributed by atoms with Crippen LogP contribution in [0.2, 0.25) is 0 Å². The summed E-state index contributed by atoms with van der Waals surface area (Å²) in [7, 11) is 0. The summed E-state index contributed by atoms with van der Waals surface area (Å²) < 4.78 is 0. The quantitative estimate of drug-likeness (QED) is 0.438. The Labute approximate surface area is 91.8 Å². The Morgan fingerprint density at radius 3 is 2.13 bits per heavy atom. The third kappa shape index (κ3) is 2.82. The van der Waals surface area contributed by atoms with Gasteiger partial charge in [-0.25, -0.2) is 5.43 Å². The molecule has 15 heavy (non-hydrogen) atoms. The molecule has 0 bridgehead atoms. The van der Waals surface area contributed by atoms with E-state index in [1.165, 1.54) is 5.56 Å². The van der Waals surface area contributed by atoms with Gasteiger partial charge in [-0.3, -0.25) is 5.84 Å². The fourth-order valence-corrected chi connectivity index (χ4v) is 1.42. The van der Waals surface area contributed by atoms with Gasteiger partial charge in [0.25, 0.3) is 0 Å². The van der Waals surface area contributed by atoms with Crippen LogP contribution in [0.25, 0.3) is 0 Å². The van der Waals surface area contributed by atoms with Crippen LogP contribution < -0.4 is 11.3 Å². The maximum atomic E-state index is 5.35. The summed E-state index contributed by atoms with van der Waals surface area (Å²) in [5, 5.41) is 0. The molecule has 1 atom stereocenters. The van der Waals surface area contributed by atoms with E-state index in [0.29, 0.717) is 0 Å². The minimum atomic E-state index is -0.209. The molecule has 80 valence electrons. The highest BCUT2D eigenvalue weighted by molar-refractivity contribution is 5.32. The average Bonchev–Trinajstić information content (AvgIpc) is 2.19. The highest BCUT2D eigenvalue weighted by Crippen LogP contribution is 2.23. The topological polar surface area (TPSA) is 38.0 Å². The molecule has 1 rings (SSSR count). The molecule has 1 unspecified atom stereocenters. The molecule has 0 aromatic heterocycles. The molecule has 0 amide bonds. The van der Waals surface area contributed by atoms with Crippen molar-refractivity contribution >= 4 is 0 Å². The summed E-state index contributed by atoms with van der Waals surface area (Å²) in [6.07, 6.45) is 5.35. The largest absolute Gasteiger partial charge is 0.270 e. The lowest BCUT2D eigenvalue weighted by atomic mass is 9.86. The Balaban J connectivity index is 2.96. The van der Waals surface area contributed by atoms with Crippen molar-refractivity contribution in [2.75, 3.05) is 0 Å². The van der Waals surface area contributed by atoms with Crippen molar-refractivity contribution in [1.29, 1.82) is 0 Å². The second kappa shape index (κ2) is 4.48. The molecule has 1 aromatic carbocycles. The van der Waals surface area contributed by atoms with Crippen molar-refractivity contribution in [2.24, 2.45) is 5.84 Å². The van der Waals surface area contributed by atoms with Crippen LogP contribution in [0, 0.1) is 12.3 Å².